The Morgan fingerprint density at radius 1 is 1.05 bits per heavy atom. The molecule has 0 aliphatic heterocycles. The van der Waals surface area contributed by atoms with Crippen LogP contribution in [0.2, 0.25) is 0 Å². The second kappa shape index (κ2) is 14.6. The van der Waals surface area contributed by atoms with E-state index in [1.54, 1.807) is 0 Å². The summed E-state index contributed by atoms with van der Waals surface area (Å²) in [6, 6.07) is 10.4. The van der Waals surface area contributed by atoms with Gasteiger partial charge >= 0.3 is 12.1 Å². The number of anilines is 2. The van der Waals surface area contributed by atoms with Gasteiger partial charge in [0.05, 0.1) is 16.5 Å². The first-order chi connectivity index (χ1) is 19.5. The number of hydrogen-bond donors (Lipinski definition) is 4. The molecule has 16 heteroatoms. The van der Waals surface area contributed by atoms with E-state index in [4.69, 9.17) is 28.3 Å². The zero-order valence-corrected chi connectivity index (χ0v) is 24.2. The number of alkyl halides is 6. The monoisotopic (exact) mass is 653 g/mol. The average molecular weight is 654 g/mol. The Kier molecular flexibility index (Phi) is 12.1. The second-order valence-corrected chi connectivity index (χ2v) is 11.8. The van der Waals surface area contributed by atoms with E-state index in [9.17, 15) is 40.7 Å². The molecule has 2 atom stereocenters. The number of pyridine rings is 1. The van der Waals surface area contributed by atoms with Gasteiger partial charge < -0.3 is 20.8 Å². The Bertz CT molecular complexity index is 1510. The van der Waals surface area contributed by atoms with Crippen LogP contribution in [0.4, 0.5) is 29.1 Å². The number of benzene rings is 2. The van der Waals surface area contributed by atoms with Gasteiger partial charge in [-0.05, 0) is 54.4 Å². The van der Waals surface area contributed by atoms with Crippen LogP contribution in [0.1, 0.15) is 33.2 Å². The molecule has 228 valence electrons. The Morgan fingerprint density at radius 3 is 2.17 bits per heavy atom. The first-order valence-corrected chi connectivity index (χ1v) is 14.5. The van der Waals surface area contributed by atoms with E-state index in [2.05, 4.69) is 15.6 Å². The molecule has 1 heterocycles. The molecule has 1 aromatic heterocycles. The molecule has 0 aliphatic rings. The number of carbonyl (C=O) groups is 2. The number of nitrogens with zero attached hydrogens (tertiary/aromatic N) is 1. The molecule has 1 amide bonds. The van der Waals surface area contributed by atoms with Crippen molar-refractivity contribution in [1.82, 2.24) is 10.3 Å². The summed E-state index contributed by atoms with van der Waals surface area (Å²) in [4.78, 5) is 24.9. The van der Waals surface area contributed by atoms with Crippen LogP contribution in [0.15, 0.2) is 65.7 Å². The summed E-state index contributed by atoms with van der Waals surface area (Å²) in [6.07, 6.45) is -3.43. The fourth-order valence-electron chi connectivity index (χ4n) is 3.48. The van der Waals surface area contributed by atoms with E-state index in [1.165, 1.54) is 61.7 Å². The average Bonchev–Trinajstić information content (AvgIpc) is 2.91. The molecular weight excluding hydrogens is 629 g/mol. The van der Waals surface area contributed by atoms with Crippen molar-refractivity contribution in [1.29, 1.82) is 0 Å². The molecule has 0 saturated carbocycles. The lowest BCUT2D eigenvalue weighted by Crippen LogP contribution is -2.43. The standard InChI is InChI=1S/C14H11F3N2O2.C12H14Cl2FNO4S/c1-8-10(14(15,16)17)5-2-6-11(8)19-12-9(13(20)21)4-3-7-18-12;1-21(19,20)8-4-2-7(3-5-8)10(17)9(6-15)16-12(18)11(13)14/h2-7H,1H3,(H,18,19)(H,20,21);2-5,9-11,17H,6H2,1H3,(H,16,18)/t;9-,10-/m.1/s1. The molecule has 42 heavy (non-hydrogen) atoms. The highest BCUT2D eigenvalue weighted by Gasteiger charge is 2.33. The lowest BCUT2D eigenvalue weighted by atomic mass is 10.0. The molecule has 0 fully saturated rings. The van der Waals surface area contributed by atoms with Crippen molar-refractivity contribution in [2.24, 2.45) is 0 Å². The van der Waals surface area contributed by atoms with E-state index in [-0.39, 0.29) is 33.1 Å². The van der Waals surface area contributed by atoms with Gasteiger partial charge in [0, 0.05) is 18.1 Å². The van der Waals surface area contributed by atoms with Gasteiger partial charge in [-0.15, -0.1) is 0 Å². The largest absolute Gasteiger partial charge is 0.478 e. The Balaban J connectivity index is 0.000000293. The van der Waals surface area contributed by atoms with Gasteiger partial charge in [-0.2, -0.15) is 13.2 Å². The number of carbonyl (C=O) groups excluding carboxylic acids is 1. The van der Waals surface area contributed by atoms with Crippen LogP contribution < -0.4 is 10.6 Å². The van der Waals surface area contributed by atoms with Crippen molar-refractivity contribution in [3.8, 4) is 0 Å². The van der Waals surface area contributed by atoms with Crippen LogP contribution in [-0.4, -0.2) is 59.3 Å². The van der Waals surface area contributed by atoms with E-state index < -0.39 is 57.1 Å². The zero-order chi connectivity index (χ0) is 31.8. The third-order valence-electron chi connectivity index (χ3n) is 5.65. The van der Waals surface area contributed by atoms with Crippen LogP contribution in [-0.2, 0) is 20.8 Å². The van der Waals surface area contributed by atoms with Crippen molar-refractivity contribution in [3.63, 3.8) is 0 Å². The quantitative estimate of drug-likeness (QED) is 0.181. The number of aliphatic hydroxyl groups excluding tert-OH is 1. The van der Waals surface area contributed by atoms with E-state index >= 15 is 0 Å². The fourth-order valence-corrected chi connectivity index (χ4v) is 4.23. The van der Waals surface area contributed by atoms with Gasteiger partial charge in [-0.3, -0.25) is 4.79 Å². The third-order valence-corrected chi connectivity index (χ3v) is 7.18. The maximum atomic E-state index is 12.9. The van der Waals surface area contributed by atoms with Crippen molar-refractivity contribution in [2.45, 2.75) is 35.0 Å². The molecule has 4 N–H and O–H groups in total. The Morgan fingerprint density at radius 2 is 1.67 bits per heavy atom. The maximum absolute atomic E-state index is 12.9. The van der Waals surface area contributed by atoms with Gasteiger partial charge in [0.15, 0.2) is 14.7 Å². The highest BCUT2D eigenvalue weighted by Crippen LogP contribution is 2.35. The van der Waals surface area contributed by atoms with Crippen molar-refractivity contribution in [2.75, 3.05) is 18.2 Å². The summed E-state index contributed by atoms with van der Waals surface area (Å²) in [5.41, 5.74) is -0.501. The molecule has 0 aliphatic carbocycles. The Hall–Kier alpha value is -3.46. The molecule has 2 aromatic carbocycles. The SMILES string of the molecule is CS(=O)(=O)c1ccc([C@@H](O)[C@@H](CF)NC(=O)C(Cl)Cl)cc1.Cc1c(Nc2ncccc2C(=O)O)cccc1C(F)(F)F. The second-order valence-electron chi connectivity index (χ2n) is 8.66. The molecule has 0 bridgehead atoms. The number of carboxylic acids is 1. The van der Waals surface area contributed by atoms with Crippen LogP contribution in [0.5, 0.6) is 0 Å². The zero-order valence-electron chi connectivity index (χ0n) is 21.9. The van der Waals surface area contributed by atoms with Gasteiger partial charge in [0.1, 0.15) is 24.2 Å². The van der Waals surface area contributed by atoms with E-state index in [0.29, 0.717) is 0 Å². The molecule has 0 radical (unpaired) electrons. The summed E-state index contributed by atoms with van der Waals surface area (Å²) in [6.45, 7) is 0.274. The molecule has 0 spiro atoms. The fraction of sp³-hybridized carbons (Fsp3) is 0.269. The van der Waals surface area contributed by atoms with Crippen LogP contribution in [0.25, 0.3) is 0 Å². The number of carboxylic acid groups (broad SMARTS) is 1. The predicted molar refractivity (Wildman–Crippen MR) is 149 cm³/mol. The molecule has 3 aromatic rings. The summed E-state index contributed by atoms with van der Waals surface area (Å²) in [7, 11) is -3.36. The minimum absolute atomic E-state index is 0.00701. The number of nitrogens with one attached hydrogen (secondary N) is 2. The minimum Gasteiger partial charge on any atom is -0.478 e. The van der Waals surface area contributed by atoms with Gasteiger partial charge in [-0.1, -0.05) is 41.4 Å². The smallest absolute Gasteiger partial charge is 0.416 e. The number of sulfone groups is 1. The van der Waals surface area contributed by atoms with Crippen molar-refractivity contribution < 1.29 is 45.8 Å². The van der Waals surface area contributed by atoms with Gasteiger partial charge in [0.2, 0.25) is 0 Å². The first kappa shape index (κ1) is 34.7. The number of aliphatic hydroxyl groups is 1. The lowest BCUT2D eigenvalue weighted by molar-refractivity contribution is -0.138. The number of rotatable bonds is 9. The lowest BCUT2D eigenvalue weighted by Gasteiger charge is -2.22. The summed E-state index contributed by atoms with van der Waals surface area (Å²) in [5.74, 6) is -2.05. The third kappa shape index (κ3) is 9.54. The maximum Gasteiger partial charge on any atom is 0.416 e. The van der Waals surface area contributed by atoms with Crippen LogP contribution in [0, 0.1) is 6.92 Å². The topological polar surface area (TPSA) is 146 Å². The number of aromatic nitrogens is 1. The number of aromatic carboxylic acids is 1. The molecule has 0 saturated heterocycles. The van der Waals surface area contributed by atoms with E-state index in [1.807, 2.05) is 0 Å². The highest BCUT2D eigenvalue weighted by molar-refractivity contribution is 7.90. The van der Waals surface area contributed by atoms with Crippen LogP contribution >= 0.6 is 23.2 Å². The summed E-state index contributed by atoms with van der Waals surface area (Å²) < 4.78 is 74.1. The number of hydrogen-bond acceptors (Lipinski definition) is 7. The molecule has 9 nitrogen and oxygen atoms in total. The van der Waals surface area contributed by atoms with E-state index in [0.717, 1.165) is 12.3 Å². The molecule has 3 rings (SSSR count). The van der Waals surface area contributed by atoms with Crippen LogP contribution in [0.3, 0.4) is 0 Å². The van der Waals surface area contributed by atoms with Gasteiger partial charge in [-0.25, -0.2) is 22.6 Å². The van der Waals surface area contributed by atoms with Crippen molar-refractivity contribution in [3.05, 3.63) is 83.0 Å². The molecule has 0 unspecified atom stereocenters. The Labute approximate surface area is 248 Å². The first-order valence-electron chi connectivity index (χ1n) is 11.7. The normalized spacial score (nSPS) is 13.0. The summed E-state index contributed by atoms with van der Waals surface area (Å²) in [5, 5.41) is 23.9. The number of amides is 1. The van der Waals surface area contributed by atoms with Gasteiger partial charge in [0.25, 0.3) is 5.91 Å². The number of halogens is 6. The summed E-state index contributed by atoms with van der Waals surface area (Å²) >= 11 is 10.7. The predicted octanol–water partition coefficient (Wildman–Crippen LogP) is 5.23. The van der Waals surface area contributed by atoms with Crippen molar-refractivity contribution >= 4 is 56.4 Å². The molecular formula is C26H25Cl2F4N3O6S. The highest BCUT2D eigenvalue weighted by atomic mass is 35.5. The minimum atomic E-state index is -4.47.